The second kappa shape index (κ2) is 6.78. The molecule has 0 aromatic heterocycles. The highest BCUT2D eigenvalue weighted by atomic mass is 31.2. The highest BCUT2D eigenvalue weighted by Crippen LogP contribution is 2.55. The van der Waals surface area contributed by atoms with Crippen LogP contribution >= 0.6 is 7.75 Å². The number of fused-ring (bicyclic) bond motifs is 1. The minimum atomic E-state index is -3.18. The molecule has 2 aliphatic heterocycles. The molecule has 0 radical (unpaired) electrons. The van der Waals surface area contributed by atoms with Gasteiger partial charge in [-0.3, -0.25) is 13.7 Å². The van der Waals surface area contributed by atoms with E-state index in [0.717, 1.165) is 38.3 Å². The van der Waals surface area contributed by atoms with E-state index >= 15 is 0 Å². The predicted octanol–water partition coefficient (Wildman–Crippen LogP) is 3.20. The van der Waals surface area contributed by atoms with Gasteiger partial charge >= 0.3 is 7.75 Å². The van der Waals surface area contributed by atoms with E-state index in [1.807, 2.05) is 18.5 Å². The molecule has 1 saturated heterocycles. The summed E-state index contributed by atoms with van der Waals surface area (Å²) in [5.74, 6) is 1.05. The molecular formula is C13H25N2O3P. The van der Waals surface area contributed by atoms with E-state index in [4.69, 9.17) is 9.05 Å². The molecule has 2 rings (SSSR count). The zero-order valence-corrected chi connectivity index (χ0v) is 12.9. The Labute approximate surface area is 116 Å². The second-order valence-electron chi connectivity index (χ2n) is 4.83. The van der Waals surface area contributed by atoms with E-state index in [1.165, 1.54) is 12.8 Å². The Morgan fingerprint density at radius 2 is 1.79 bits per heavy atom. The predicted molar refractivity (Wildman–Crippen MR) is 75.7 cm³/mol. The van der Waals surface area contributed by atoms with Crippen LogP contribution in [0.2, 0.25) is 0 Å². The molecule has 0 aliphatic carbocycles. The maximum atomic E-state index is 12.9. The molecule has 5 nitrogen and oxygen atoms in total. The van der Waals surface area contributed by atoms with Gasteiger partial charge in [-0.05, 0) is 45.6 Å². The first kappa shape index (κ1) is 14.9. The average Bonchev–Trinajstić information content (AvgIpc) is 2.63. The summed E-state index contributed by atoms with van der Waals surface area (Å²) in [7, 11) is -3.18. The van der Waals surface area contributed by atoms with Gasteiger partial charge in [0.1, 0.15) is 5.82 Å². The molecule has 0 bridgehead atoms. The fourth-order valence-corrected chi connectivity index (χ4v) is 4.54. The van der Waals surface area contributed by atoms with E-state index in [-0.39, 0.29) is 0 Å². The molecule has 0 unspecified atom stereocenters. The van der Waals surface area contributed by atoms with Crippen LogP contribution in [0.5, 0.6) is 0 Å². The van der Waals surface area contributed by atoms with Gasteiger partial charge in [0, 0.05) is 19.6 Å². The third-order valence-electron chi connectivity index (χ3n) is 3.48. The number of nitrogens with zero attached hydrogens (tertiary/aromatic N) is 2. The van der Waals surface area contributed by atoms with Crippen LogP contribution in [0.25, 0.3) is 0 Å². The number of allylic oxidation sites excluding steroid dienone is 1. The van der Waals surface area contributed by atoms with Crippen LogP contribution in [0.1, 0.15) is 39.5 Å². The summed E-state index contributed by atoms with van der Waals surface area (Å²) in [6.07, 6.45) is 6.63. The van der Waals surface area contributed by atoms with Gasteiger partial charge < -0.3 is 4.90 Å². The average molecular weight is 288 g/mol. The summed E-state index contributed by atoms with van der Waals surface area (Å²) >= 11 is 0. The Hall–Kier alpha value is -0.510. The van der Waals surface area contributed by atoms with Crippen LogP contribution in [0.4, 0.5) is 0 Å². The van der Waals surface area contributed by atoms with Crippen molar-refractivity contribution in [1.29, 1.82) is 0 Å². The Kier molecular flexibility index (Phi) is 5.31. The van der Waals surface area contributed by atoms with Crippen molar-refractivity contribution in [3.8, 4) is 0 Å². The Bertz CT molecular complexity index is 363. The van der Waals surface area contributed by atoms with Crippen molar-refractivity contribution in [2.45, 2.75) is 39.5 Å². The zero-order valence-electron chi connectivity index (χ0n) is 12.0. The molecule has 19 heavy (non-hydrogen) atoms. The molecule has 0 atom stereocenters. The van der Waals surface area contributed by atoms with Gasteiger partial charge in [-0.1, -0.05) is 0 Å². The van der Waals surface area contributed by atoms with Crippen LogP contribution in [0.15, 0.2) is 11.9 Å². The summed E-state index contributed by atoms with van der Waals surface area (Å²) in [6.45, 7) is 7.35. The molecule has 0 aromatic rings. The van der Waals surface area contributed by atoms with Crippen molar-refractivity contribution in [1.82, 2.24) is 9.57 Å². The van der Waals surface area contributed by atoms with Crippen molar-refractivity contribution in [3.63, 3.8) is 0 Å². The molecule has 6 heteroatoms. The van der Waals surface area contributed by atoms with Crippen molar-refractivity contribution in [2.24, 2.45) is 0 Å². The number of hydrogen-bond acceptors (Lipinski definition) is 4. The van der Waals surface area contributed by atoms with Crippen LogP contribution in [0.3, 0.4) is 0 Å². The fourth-order valence-electron chi connectivity index (χ4n) is 2.69. The first-order chi connectivity index (χ1) is 9.21. The van der Waals surface area contributed by atoms with E-state index in [0.29, 0.717) is 13.2 Å². The summed E-state index contributed by atoms with van der Waals surface area (Å²) < 4.78 is 25.8. The minimum Gasteiger partial charge on any atom is -0.358 e. The van der Waals surface area contributed by atoms with Gasteiger partial charge in [-0.15, -0.1) is 0 Å². The van der Waals surface area contributed by atoms with Crippen molar-refractivity contribution in [3.05, 3.63) is 11.9 Å². The van der Waals surface area contributed by atoms with Gasteiger partial charge in [0.2, 0.25) is 0 Å². The van der Waals surface area contributed by atoms with E-state index in [9.17, 15) is 4.57 Å². The van der Waals surface area contributed by atoms with Gasteiger partial charge in [0.15, 0.2) is 0 Å². The van der Waals surface area contributed by atoms with E-state index in [1.54, 1.807) is 0 Å². The Balaban J connectivity index is 2.24. The number of rotatable bonds is 5. The van der Waals surface area contributed by atoms with Crippen molar-refractivity contribution < 1.29 is 13.6 Å². The molecular weight excluding hydrogens is 263 g/mol. The Morgan fingerprint density at radius 1 is 1.11 bits per heavy atom. The van der Waals surface area contributed by atoms with Crippen LogP contribution < -0.4 is 0 Å². The van der Waals surface area contributed by atoms with E-state index < -0.39 is 7.75 Å². The molecule has 0 spiro atoms. The lowest BCUT2D eigenvalue weighted by Crippen LogP contribution is -2.41. The van der Waals surface area contributed by atoms with Gasteiger partial charge in [-0.2, -0.15) is 0 Å². The van der Waals surface area contributed by atoms with Crippen LogP contribution in [-0.2, 0) is 13.6 Å². The van der Waals surface area contributed by atoms with Crippen LogP contribution in [-0.4, -0.2) is 42.4 Å². The van der Waals surface area contributed by atoms with Gasteiger partial charge in [0.25, 0.3) is 0 Å². The quantitative estimate of drug-likeness (QED) is 0.727. The van der Waals surface area contributed by atoms with E-state index in [2.05, 4.69) is 11.0 Å². The molecule has 0 N–H and O–H groups in total. The summed E-state index contributed by atoms with van der Waals surface area (Å²) in [4.78, 5) is 2.32. The highest BCUT2D eigenvalue weighted by Gasteiger charge is 2.38. The summed E-state index contributed by atoms with van der Waals surface area (Å²) in [5.41, 5.74) is 0. The van der Waals surface area contributed by atoms with Crippen molar-refractivity contribution >= 4 is 7.75 Å². The lowest BCUT2D eigenvalue weighted by molar-refractivity contribution is 0.139. The largest absolute Gasteiger partial charge is 0.436 e. The first-order valence-electron chi connectivity index (χ1n) is 7.33. The maximum absolute atomic E-state index is 12.9. The second-order valence-corrected chi connectivity index (χ2v) is 6.76. The normalized spacial score (nSPS) is 20.8. The fraction of sp³-hybridized carbons (Fsp3) is 0.846. The van der Waals surface area contributed by atoms with Gasteiger partial charge in [0.05, 0.1) is 13.2 Å². The zero-order chi connectivity index (χ0) is 13.7. The molecule has 0 aromatic carbocycles. The molecule has 2 aliphatic rings. The third-order valence-corrected chi connectivity index (χ3v) is 5.64. The highest BCUT2D eigenvalue weighted by molar-refractivity contribution is 7.51. The van der Waals surface area contributed by atoms with Crippen molar-refractivity contribution in [2.75, 3.05) is 32.8 Å². The van der Waals surface area contributed by atoms with Crippen LogP contribution in [0, 0.1) is 0 Å². The Morgan fingerprint density at radius 3 is 2.47 bits per heavy atom. The molecule has 1 fully saturated rings. The first-order valence-corrected chi connectivity index (χ1v) is 8.83. The topological polar surface area (TPSA) is 42.0 Å². The third kappa shape index (κ3) is 3.33. The smallest absolute Gasteiger partial charge is 0.358 e. The lowest BCUT2D eigenvalue weighted by atomic mass is 10.2. The molecule has 2 heterocycles. The molecule has 110 valence electrons. The minimum absolute atomic E-state index is 0.404. The summed E-state index contributed by atoms with van der Waals surface area (Å²) in [6, 6.07) is 0. The SMILES string of the molecule is CCOP(=O)(OCC)N1CCCN2CCCCC=C21. The number of hydrogen-bond donors (Lipinski definition) is 0. The standard InChI is InChI=1S/C13H25N2O3P/c1-3-17-19(16,18-4-2)15-12-8-11-14-10-7-5-6-9-13(14)15/h9H,3-8,10-12H2,1-2H3. The molecule has 0 saturated carbocycles. The van der Waals surface area contributed by atoms with Gasteiger partial charge in [-0.25, -0.2) is 4.57 Å². The summed E-state index contributed by atoms with van der Waals surface area (Å²) in [5, 5.41) is 0. The molecule has 0 amide bonds. The lowest BCUT2D eigenvalue weighted by Gasteiger charge is -2.42. The maximum Gasteiger partial charge on any atom is 0.436 e. The monoisotopic (exact) mass is 288 g/mol.